The summed E-state index contributed by atoms with van der Waals surface area (Å²) in [4.78, 5) is 11.5. The van der Waals surface area contributed by atoms with E-state index < -0.39 is 0 Å². The average Bonchev–Trinajstić information content (AvgIpc) is 3.45. The first-order chi connectivity index (χ1) is 14.7. The fraction of sp³-hybridized carbons (Fsp3) is 0.318. The van der Waals surface area contributed by atoms with Crippen molar-refractivity contribution in [3.05, 3.63) is 71.6 Å². The second-order valence-electron chi connectivity index (χ2n) is 7.16. The van der Waals surface area contributed by atoms with Crippen LogP contribution in [0, 0.1) is 0 Å². The third-order valence-electron chi connectivity index (χ3n) is 5.06. The molecule has 3 heterocycles. The molecule has 30 heavy (non-hydrogen) atoms. The number of para-hydroxylation sites is 1. The number of aromatic nitrogens is 3. The van der Waals surface area contributed by atoms with Gasteiger partial charge in [-0.3, -0.25) is 0 Å². The Morgan fingerprint density at radius 3 is 2.90 bits per heavy atom. The maximum absolute atomic E-state index is 6.31. The van der Waals surface area contributed by atoms with E-state index in [0.717, 1.165) is 49.1 Å². The number of nitrogens with one attached hydrogen (secondary N) is 2. The molecule has 0 amide bonds. The Morgan fingerprint density at radius 2 is 2.10 bits per heavy atom. The molecule has 1 fully saturated rings. The van der Waals surface area contributed by atoms with E-state index in [4.69, 9.17) is 16.6 Å². The van der Waals surface area contributed by atoms with Crippen LogP contribution in [0.25, 0.3) is 5.69 Å². The zero-order valence-corrected chi connectivity index (χ0v) is 17.8. The third kappa shape index (κ3) is 4.74. The van der Waals surface area contributed by atoms with Gasteiger partial charge in [-0.25, -0.2) is 14.7 Å². The van der Waals surface area contributed by atoms with Crippen molar-refractivity contribution in [1.29, 1.82) is 0 Å². The van der Waals surface area contributed by atoms with Gasteiger partial charge in [0.15, 0.2) is 5.96 Å². The van der Waals surface area contributed by atoms with E-state index in [0.29, 0.717) is 11.6 Å². The summed E-state index contributed by atoms with van der Waals surface area (Å²) in [7, 11) is 0. The van der Waals surface area contributed by atoms with Crippen LogP contribution in [0.3, 0.4) is 0 Å². The van der Waals surface area contributed by atoms with Gasteiger partial charge in [-0.15, -0.1) is 0 Å². The first-order valence-electron chi connectivity index (χ1n) is 10.2. The smallest absolute Gasteiger partial charge is 0.191 e. The molecule has 0 spiro atoms. The number of rotatable bonds is 6. The van der Waals surface area contributed by atoms with Crippen molar-refractivity contribution in [1.82, 2.24) is 25.4 Å². The van der Waals surface area contributed by atoms with E-state index in [2.05, 4.69) is 44.7 Å². The predicted molar refractivity (Wildman–Crippen MR) is 121 cm³/mol. The number of guanidine groups is 1. The van der Waals surface area contributed by atoms with Gasteiger partial charge in [0.1, 0.15) is 5.82 Å². The van der Waals surface area contributed by atoms with Crippen LogP contribution in [0.1, 0.15) is 18.9 Å². The minimum absolute atomic E-state index is 0.280. The van der Waals surface area contributed by atoms with Gasteiger partial charge in [-0.1, -0.05) is 29.8 Å². The molecule has 1 aliphatic rings. The zero-order chi connectivity index (χ0) is 20.8. The summed E-state index contributed by atoms with van der Waals surface area (Å²) in [6.45, 7) is 5.19. The van der Waals surface area contributed by atoms with E-state index in [1.54, 1.807) is 12.4 Å². The van der Waals surface area contributed by atoms with Gasteiger partial charge in [-0.2, -0.15) is 5.10 Å². The molecule has 1 saturated heterocycles. The second kappa shape index (κ2) is 9.63. The lowest BCUT2D eigenvalue weighted by atomic mass is 10.2. The van der Waals surface area contributed by atoms with Gasteiger partial charge in [-0.05, 0) is 43.2 Å². The van der Waals surface area contributed by atoms with Crippen molar-refractivity contribution in [3.8, 4) is 5.69 Å². The van der Waals surface area contributed by atoms with Gasteiger partial charge >= 0.3 is 0 Å². The minimum atomic E-state index is 0.280. The molecule has 0 aliphatic carbocycles. The van der Waals surface area contributed by atoms with E-state index in [9.17, 15) is 0 Å². The summed E-state index contributed by atoms with van der Waals surface area (Å²) in [5, 5.41) is 12.0. The summed E-state index contributed by atoms with van der Waals surface area (Å²) in [6, 6.07) is 14.1. The van der Waals surface area contributed by atoms with Crippen LogP contribution in [0.5, 0.6) is 0 Å². The topological polar surface area (TPSA) is 70.4 Å². The Hall–Kier alpha value is -3.06. The molecular formula is C22H26ClN7. The van der Waals surface area contributed by atoms with Crippen LogP contribution in [0.15, 0.2) is 66.0 Å². The molecule has 8 heteroatoms. The number of halogens is 1. The van der Waals surface area contributed by atoms with Crippen LogP contribution in [-0.2, 0) is 6.54 Å². The summed E-state index contributed by atoms with van der Waals surface area (Å²) >= 11 is 6.31. The highest BCUT2D eigenvalue weighted by molar-refractivity contribution is 6.32. The van der Waals surface area contributed by atoms with Crippen molar-refractivity contribution in [2.24, 2.45) is 4.99 Å². The van der Waals surface area contributed by atoms with Crippen LogP contribution in [0.2, 0.25) is 5.02 Å². The number of hydrogen-bond donors (Lipinski definition) is 2. The maximum atomic E-state index is 6.31. The van der Waals surface area contributed by atoms with Gasteiger partial charge in [0.05, 0.1) is 17.3 Å². The molecule has 1 aliphatic heterocycles. The molecule has 2 aromatic heterocycles. The zero-order valence-electron chi connectivity index (χ0n) is 17.0. The average molecular weight is 424 g/mol. The Kier molecular flexibility index (Phi) is 6.49. The Balaban J connectivity index is 1.44. The number of benzene rings is 1. The number of pyridine rings is 1. The first-order valence-corrected chi connectivity index (χ1v) is 10.6. The molecule has 1 aromatic carbocycles. The van der Waals surface area contributed by atoms with Crippen LogP contribution in [-0.4, -0.2) is 46.4 Å². The van der Waals surface area contributed by atoms with Crippen LogP contribution < -0.4 is 15.5 Å². The largest absolute Gasteiger partial charge is 0.357 e. The van der Waals surface area contributed by atoms with Crippen molar-refractivity contribution in [3.63, 3.8) is 0 Å². The van der Waals surface area contributed by atoms with E-state index >= 15 is 0 Å². The Morgan fingerprint density at radius 1 is 1.20 bits per heavy atom. The van der Waals surface area contributed by atoms with Crippen LogP contribution in [0.4, 0.5) is 5.82 Å². The van der Waals surface area contributed by atoms with Crippen LogP contribution >= 0.6 is 11.6 Å². The lowest BCUT2D eigenvalue weighted by Crippen LogP contribution is -2.44. The standard InChI is InChI=1S/C22H26ClN7/c1-2-24-22(26-15-17-7-3-4-9-20(17)30-13-6-12-27-30)28-18-10-14-29(16-18)21-19(23)8-5-11-25-21/h3-9,11-13,18H,2,10,14-16H2,1H3,(H2,24,26,28). The first kappa shape index (κ1) is 20.2. The van der Waals surface area contributed by atoms with E-state index in [1.165, 1.54) is 0 Å². The highest BCUT2D eigenvalue weighted by Crippen LogP contribution is 2.25. The molecule has 4 rings (SSSR count). The monoisotopic (exact) mass is 423 g/mol. The van der Waals surface area contributed by atoms with Gasteiger partial charge in [0.25, 0.3) is 0 Å². The quantitative estimate of drug-likeness (QED) is 0.470. The minimum Gasteiger partial charge on any atom is -0.357 e. The fourth-order valence-electron chi connectivity index (χ4n) is 3.64. The van der Waals surface area contributed by atoms with Gasteiger partial charge in [0, 0.05) is 44.3 Å². The highest BCUT2D eigenvalue weighted by Gasteiger charge is 2.25. The second-order valence-corrected chi connectivity index (χ2v) is 7.57. The van der Waals surface area contributed by atoms with Gasteiger partial charge < -0.3 is 15.5 Å². The molecule has 7 nitrogen and oxygen atoms in total. The van der Waals surface area contributed by atoms with Crippen molar-refractivity contribution >= 4 is 23.4 Å². The third-order valence-corrected chi connectivity index (χ3v) is 5.36. The van der Waals surface area contributed by atoms with Crippen molar-refractivity contribution in [2.75, 3.05) is 24.5 Å². The molecule has 1 unspecified atom stereocenters. The SMILES string of the molecule is CCNC(=NCc1ccccc1-n1cccn1)NC1CCN(c2ncccc2Cl)C1. The Labute approximate surface area is 181 Å². The molecule has 1 atom stereocenters. The molecule has 0 radical (unpaired) electrons. The Bertz CT molecular complexity index is 987. The molecule has 0 saturated carbocycles. The van der Waals surface area contributed by atoms with E-state index in [-0.39, 0.29) is 6.04 Å². The van der Waals surface area contributed by atoms with Crippen molar-refractivity contribution < 1.29 is 0 Å². The summed E-state index contributed by atoms with van der Waals surface area (Å²) < 4.78 is 1.87. The highest BCUT2D eigenvalue weighted by atomic mass is 35.5. The number of anilines is 1. The summed E-state index contributed by atoms with van der Waals surface area (Å²) in [6.07, 6.45) is 6.51. The lowest BCUT2D eigenvalue weighted by Gasteiger charge is -2.20. The molecule has 2 N–H and O–H groups in total. The molecular weight excluding hydrogens is 398 g/mol. The predicted octanol–water partition coefficient (Wildman–Crippen LogP) is 3.25. The summed E-state index contributed by atoms with van der Waals surface area (Å²) in [5.41, 5.74) is 2.16. The number of hydrogen-bond acceptors (Lipinski definition) is 4. The molecule has 3 aromatic rings. The fourth-order valence-corrected chi connectivity index (χ4v) is 3.88. The maximum Gasteiger partial charge on any atom is 0.191 e. The number of aliphatic imine (C=N–C) groups is 1. The normalized spacial score (nSPS) is 16.7. The lowest BCUT2D eigenvalue weighted by molar-refractivity contribution is 0.648. The summed E-state index contributed by atoms with van der Waals surface area (Å²) in [5.74, 6) is 1.66. The molecule has 0 bridgehead atoms. The molecule has 156 valence electrons. The van der Waals surface area contributed by atoms with Gasteiger partial charge in [0.2, 0.25) is 0 Å². The van der Waals surface area contributed by atoms with Crippen molar-refractivity contribution in [2.45, 2.75) is 25.9 Å². The van der Waals surface area contributed by atoms with E-state index in [1.807, 2.05) is 41.2 Å². The number of nitrogens with zero attached hydrogens (tertiary/aromatic N) is 5.